The number of rotatable bonds is 18. The van der Waals surface area contributed by atoms with Crippen LogP contribution in [0, 0.1) is 3.57 Å². The molecule has 324 valence electrons. The maximum Gasteiger partial charge on any atom is 0.472 e. The fourth-order valence-electron chi connectivity index (χ4n) is 6.40. The van der Waals surface area contributed by atoms with Gasteiger partial charge in [-0.25, -0.2) is 33.7 Å². The second kappa shape index (κ2) is 19.2. The smallest absolute Gasteiger partial charge is 0.455 e. The zero-order valence-corrected chi connectivity index (χ0v) is 35.1. The first-order chi connectivity index (χ1) is 28.4. The van der Waals surface area contributed by atoms with Crippen molar-refractivity contribution < 1.29 is 66.3 Å². The van der Waals surface area contributed by atoms with Crippen molar-refractivity contribution in [3.05, 3.63) is 81.5 Å². The number of halogens is 1. The van der Waals surface area contributed by atoms with Crippen molar-refractivity contribution in [2.24, 2.45) is 0 Å². The van der Waals surface area contributed by atoms with Gasteiger partial charge in [0.15, 0.2) is 23.8 Å². The Morgan fingerprint density at radius 3 is 2.53 bits per heavy atom. The van der Waals surface area contributed by atoms with Crippen molar-refractivity contribution in [2.45, 2.75) is 74.7 Å². The molecule has 5 heterocycles. The molecule has 24 nitrogen and oxygen atoms in total. The van der Waals surface area contributed by atoms with Gasteiger partial charge < -0.3 is 50.8 Å². The van der Waals surface area contributed by atoms with E-state index in [1.807, 2.05) is 6.07 Å². The summed E-state index contributed by atoms with van der Waals surface area (Å²) in [6, 6.07) is 7.14. The number of nitrogens with two attached hydrogens (primary N) is 2. The van der Waals surface area contributed by atoms with Crippen molar-refractivity contribution in [3.8, 4) is 0 Å². The van der Waals surface area contributed by atoms with E-state index in [1.165, 1.54) is 23.2 Å². The van der Waals surface area contributed by atoms with Gasteiger partial charge in [0.05, 0.1) is 19.5 Å². The van der Waals surface area contributed by atoms with E-state index in [0.29, 0.717) is 12.0 Å². The van der Waals surface area contributed by atoms with Gasteiger partial charge in [-0.2, -0.15) is 4.98 Å². The molecular weight excluding hydrogens is 951 g/mol. The summed E-state index contributed by atoms with van der Waals surface area (Å²) >= 11 is 2.08. The zero-order valence-electron chi connectivity index (χ0n) is 31.2. The molecule has 9 N–H and O–H groups in total. The number of amides is 1. The van der Waals surface area contributed by atoms with E-state index >= 15 is 0 Å². The van der Waals surface area contributed by atoms with E-state index < -0.39 is 95.4 Å². The first kappa shape index (κ1) is 45.3. The highest BCUT2D eigenvalue weighted by atomic mass is 127. The summed E-state index contributed by atoms with van der Waals surface area (Å²) in [4.78, 5) is 84.8. The van der Waals surface area contributed by atoms with Crippen molar-refractivity contribution in [1.29, 1.82) is 0 Å². The van der Waals surface area contributed by atoms with Crippen LogP contribution in [0.25, 0.3) is 11.2 Å². The van der Waals surface area contributed by atoms with Crippen molar-refractivity contribution >= 4 is 72.9 Å². The Bertz CT molecular complexity index is 2370. The number of fused-ring (bicyclic) bond motifs is 1. The highest BCUT2D eigenvalue weighted by Crippen LogP contribution is 2.50. The Morgan fingerprint density at radius 1 is 1.07 bits per heavy atom. The Kier molecular flexibility index (Phi) is 14.5. The number of esters is 1. The van der Waals surface area contributed by atoms with Crippen LogP contribution >= 0.6 is 38.2 Å². The molecule has 2 saturated heterocycles. The van der Waals surface area contributed by atoms with Crippen LogP contribution < -0.4 is 22.5 Å². The maximum atomic E-state index is 14.0. The lowest BCUT2D eigenvalue weighted by molar-refractivity contribution is -0.160. The summed E-state index contributed by atoms with van der Waals surface area (Å²) in [6.07, 6.45) is -5.24. The lowest BCUT2D eigenvalue weighted by atomic mass is 10.0. The minimum absolute atomic E-state index is 0.00994. The molecule has 2 fully saturated rings. The van der Waals surface area contributed by atoms with E-state index in [0.717, 1.165) is 14.5 Å². The summed E-state index contributed by atoms with van der Waals surface area (Å²) < 4.78 is 61.1. The number of carbonyl (C=O) groups excluding carboxylic acids is 2. The monoisotopic (exact) mass is 991 g/mol. The van der Waals surface area contributed by atoms with Gasteiger partial charge in [0.2, 0.25) is 5.91 Å². The number of hydrogen-bond acceptors (Lipinski definition) is 18. The number of aliphatic hydroxyl groups excluding tert-OH is 1. The molecule has 1 amide bonds. The lowest BCUT2D eigenvalue weighted by Gasteiger charge is -2.26. The van der Waals surface area contributed by atoms with Crippen LogP contribution in [-0.4, -0.2) is 111 Å². The summed E-state index contributed by atoms with van der Waals surface area (Å²) in [5.74, 6) is -1.56. The van der Waals surface area contributed by atoms with Crippen LogP contribution in [0.5, 0.6) is 0 Å². The van der Waals surface area contributed by atoms with Crippen LogP contribution in [0.3, 0.4) is 0 Å². The van der Waals surface area contributed by atoms with E-state index in [-0.39, 0.29) is 42.1 Å². The standard InChI is InChI=1S/C33H40IN9O15P2/c1-2-3-8-24(44)40-19(11-17-6-4-5-7-18(17)34)32(46)57-28-22(56-31(27(28)45)43-16-39-26-29(36)37-15-38-30(26)43)14-54-60(51,52)58-20-12-25(42-10-9-23(35)41-33(42)47)55-21(20)13-53-59(48,49)50/h2,4-7,9-10,15-16,19-22,25,27-28,31,45H,1,3,8,11-14H2,(H,40,44)(H,51,52)(H2,35,41,47)(H2,36,37,38)(H2,48,49,50)/t19?,20-,21+,22+,25+,27+,28+,31+/m0/s1. The highest BCUT2D eigenvalue weighted by Gasteiger charge is 2.50. The topological polar surface area (TPSA) is 347 Å². The van der Waals surface area contributed by atoms with E-state index in [9.17, 15) is 43.3 Å². The number of allylic oxidation sites excluding steroid dienone is 1. The van der Waals surface area contributed by atoms with Crippen molar-refractivity contribution in [1.82, 2.24) is 34.4 Å². The molecule has 4 aromatic rings. The zero-order chi connectivity index (χ0) is 43.4. The van der Waals surface area contributed by atoms with Crippen LogP contribution in [0.4, 0.5) is 11.6 Å². The molecular formula is C33H40IN9O15P2. The average molecular weight is 992 g/mol. The number of carbonyl (C=O) groups is 2. The molecule has 2 unspecified atom stereocenters. The van der Waals surface area contributed by atoms with Gasteiger partial charge in [-0.1, -0.05) is 24.3 Å². The molecule has 0 aliphatic carbocycles. The number of aromatic nitrogens is 6. The molecule has 2 aliphatic rings. The van der Waals surface area contributed by atoms with Crippen LogP contribution in [-0.2, 0) is 52.9 Å². The number of nitrogens with zero attached hydrogens (tertiary/aromatic N) is 6. The van der Waals surface area contributed by atoms with E-state index in [1.54, 1.807) is 24.3 Å². The number of aliphatic hydroxyl groups is 1. The predicted octanol–water partition coefficient (Wildman–Crippen LogP) is 0.615. The molecule has 0 saturated carbocycles. The fourth-order valence-corrected chi connectivity index (χ4v) is 8.30. The van der Waals surface area contributed by atoms with Gasteiger partial charge in [-0.3, -0.25) is 27.5 Å². The van der Waals surface area contributed by atoms with Gasteiger partial charge in [-0.15, -0.1) is 6.58 Å². The lowest BCUT2D eigenvalue weighted by Crippen LogP contribution is -2.47. The van der Waals surface area contributed by atoms with Gasteiger partial charge in [0, 0.05) is 29.0 Å². The number of phosphoric acid groups is 2. The summed E-state index contributed by atoms with van der Waals surface area (Å²) in [6.45, 7) is 1.89. The van der Waals surface area contributed by atoms with Crippen LogP contribution in [0.2, 0.25) is 0 Å². The molecule has 0 bridgehead atoms. The third-order valence-electron chi connectivity index (χ3n) is 9.22. The molecule has 9 atom stereocenters. The molecule has 60 heavy (non-hydrogen) atoms. The second-order valence-electron chi connectivity index (χ2n) is 13.4. The molecule has 0 spiro atoms. The normalized spacial score (nSPS) is 24.5. The quantitative estimate of drug-likeness (QED) is 0.0311. The number of ether oxygens (including phenoxy) is 3. The summed E-state index contributed by atoms with van der Waals surface area (Å²) in [5.41, 5.74) is 11.6. The minimum atomic E-state index is -5.22. The number of hydrogen-bond donors (Lipinski definition) is 7. The van der Waals surface area contributed by atoms with Crippen LogP contribution in [0.1, 0.15) is 37.3 Å². The Labute approximate surface area is 353 Å². The highest BCUT2D eigenvalue weighted by molar-refractivity contribution is 14.1. The first-order valence-electron chi connectivity index (χ1n) is 17.9. The van der Waals surface area contributed by atoms with Gasteiger partial charge in [0.1, 0.15) is 54.3 Å². The summed E-state index contributed by atoms with van der Waals surface area (Å²) in [5, 5.41) is 14.4. The number of anilines is 2. The second-order valence-corrected chi connectivity index (χ2v) is 17.2. The largest absolute Gasteiger partial charge is 0.472 e. The number of nitrogen functional groups attached to an aromatic ring is 2. The Hall–Kier alpha value is -4.24. The average Bonchev–Trinajstić information content (AvgIpc) is 3.88. The molecule has 6 rings (SSSR count). The number of imidazole rings is 1. The fraction of sp³-hybridized carbons (Fsp3) is 0.424. The summed E-state index contributed by atoms with van der Waals surface area (Å²) in [7, 11) is -10.3. The minimum Gasteiger partial charge on any atom is -0.455 e. The Morgan fingerprint density at radius 2 is 1.82 bits per heavy atom. The molecule has 1 aromatic carbocycles. The van der Waals surface area contributed by atoms with E-state index in [4.69, 9.17) is 34.7 Å². The van der Waals surface area contributed by atoms with Crippen molar-refractivity contribution in [2.75, 3.05) is 24.7 Å². The first-order valence-corrected chi connectivity index (χ1v) is 22.0. The molecule has 3 aromatic heterocycles. The predicted molar refractivity (Wildman–Crippen MR) is 214 cm³/mol. The number of benzene rings is 1. The van der Waals surface area contributed by atoms with Crippen LogP contribution in [0.15, 0.2) is 66.6 Å². The third kappa shape index (κ3) is 11.2. The SMILES string of the molecule is C=CCCC(=O)NC(Cc1ccccc1I)C(=O)O[C@H]1[C@@H](O)[C@H](n2cnc3c(N)ncnc32)O[C@@H]1COP(=O)(O)O[C@H]1C[C@H](n2ccc(N)nc2=O)O[C@@H]1COP(=O)(O)O. The van der Waals surface area contributed by atoms with Gasteiger partial charge >= 0.3 is 27.3 Å². The van der Waals surface area contributed by atoms with Gasteiger partial charge in [-0.05, 0) is 46.7 Å². The van der Waals surface area contributed by atoms with Crippen molar-refractivity contribution in [3.63, 3.8) is 0 Å². The van der Waals surface area contributed by atoms with Gasteiger partial charge in [0.25, 0.3) is 0 Å². The molecule has 0 radical (unpaired) electrons. The third-order valence-corrected chi connectivity index (χ3v) is 11.8. The Balaban J connectivity index is 1.24. The van der Waals surface area contributed by atoms with E-state index in [2.05, 4.69) is 58.9 Å². The maximum absolute atomic E-state index is 14.0. The molecule has 2 aliphatic heterocycles. The number of nitrogens with one attached hydrogen (secondary N) is 1. The molecule has 27 heteroatoms. The number of phosphoric ester groups is 2.